The first kappa shape index (κ1) is 34.5. The van der Waals surface area contributed by atoms with Crippen LogP contribution >= 0.6 is 0 Å². The molecule has 4 atom stereocenters. The van der Waals surface area contributed by atoms with Crippen LogP contribution in [0.1, 0.15) is 43.7 Å². The molecule has 12 heteroatoms. The van der Waals surface area contributed by atoms with Crippen LogP contribution in [0, 0.1) is 0 Å². The van der Waals surface area contributed by atoms with Crippen LogP contribution in [0.2, 0.25) is 18.1 Å². The van der Waals surface area contributed by atoms with Crippen molar-refractivity contribution < 1.29 is 28.5 Å². The fourth-order valence-electron chi connectivity index (χ4n) is 6.08. The summed E-state index contributed by atoms with van der Waals surface area (Å²) in [5.41, 5.74) is 8.58. The fraction of sp³-hybridized carbons (Fsp3) is 0.378. The molecule has 0 spiro atoms. The monoisotopic (exact) mass is 683 g/mol. The zero-order chi connectivity index (χ0) is 35.0. The van der Waals surface area contributed by atoms with Gasteiger partial charge < -0.3 is 34.2 Å². The molecule has 1 saturated heterocycles. The summed E-state index contributed by atoms with van der Waals surface area (Å²) in [5, 5.41) is 11.9. The summed E-state index contributed by atoms with van der Waals surface area (Å²) in [6.07, 6.45) is -0.383. The lowest BCUT2D eigenvalue weighted by molar-refractivity contribution is -0.0930. The van der Waals surface area contributed by atoms with Crippen molar-refractivity contribution in [1.82, 2.24) is 19.5 Å². The van der Waals surface area contributed by atoms with Gasteiger partial charge in [0.15, 0.2) is 26.0 Å². The molecule has 2 aromatic heterocycles. The lowest BCUT2D eigenvalue weighted by Gasteiger charge is -2.41. The topological polar surface area (TPSA) is 136 Å². The summed E-state index contributed by atoms with van der Waals surface area (Å²) in [6.45, 7) is 10.9. The molecule has 1 fully saturated rings. The van der Waals surface area contributed by atoms with E-state index in [-0.39, 0.29) is 17.5 Å². The first-order chi connectivity index (χ1) is 23.4. The van der Waals surface area contributed by atoms with Crippen molar-refractivity contribution in [3.63, 3.8) is 0 Å². The molecule has 11 nitrogen and oxygen atoms in total. The van der Waals surface area contributed by atoms with Crippen molar-refractivity contribution in [3.8, 4) is 11.5 Å². The van der Waals surface area contributed by atoms with E-state index >= 15 is 0 Å². The first-order valence-corrected chi connectivity index (χ1v) is 19.2. The Bertz CT molecular complexity index is 1810. The number of nitrogens with two attached hydrogens (primary N) is 1. The number of hydrogen-bond donors (Lipinski definition) is 2. The minimum absolute atomic E-state index is 0.0730. The minimum Gasteiger partial charge on any atom is -0.497 e. The largest absolute Gasteiger partial charge is 0.497 e. The second-order valence-electron chi connectivity index (χ2n) is 13.8. The predicted octanol–water partition coefficient (Wildman–Crippen LogP) is 6.08. The predicted molar refractivity (Wildman–Crippen MR) is 190 cm³/mol. The standard InChI is InChI=1S/C37H45N5O6Si/c1-36(2,3)49(6,7)48-32-29(47-35(31(32)43)42-23-41-30-33(38)39-22-40-34(30)42)21-46-37(24-11-9-8-10-12-24,25-13-17-27(44-4)18-14-25)26-15-19-28(45-5)20-16-26/h8-20,22-23,29,31-32,35,43H,21H2,1-7H3,(H2,38,39,40)/t29-,31-,32+,35-/m1/s1. The number of aliphatic hydroxyl groups is 1. The number of ether oxygens (including phenoxy) is 4. The van der Waals surface area contributed by atoms with Crippen LogP contribution in [0.3, 0.4) is 0 Å². The van der Waals surface area contributed by atoms with Crippen molar-refractivity contribution in [2.45, 2.75) is 69.0 Å². The number of fused-ring (bicyclic) bond motifs is 1. The highest BCUT2D eigenvalue weighted by molar-refractivity contribution is 6.74. The Kier molecular flexibility index (Phi) is 9.53. The van der Waals surface area contributed by atoms with Gasteiger partial charge in [0.05, 0.1) is 27.2 Å². The molecule has 49 heavy (non-hydrogen) atoms. The quantitative estimate of drug-likeness (QED) is 0.125. The number of hydrogen-bond acceptors (Lipinski definition) is 10. The van der Waals surface area contributed by atoms with Gasteiger partial charge in [-0.25, -0.2) is 15.0 Å². The average molecular weight is 684 g/mol. The number of methoxy groups -OCH3 is 2. The number of imidazole rings is 1. The van der Waals surface area contributed by atoms with Gasteiger partial charge in [-0.15, -0.1) is 0 Å². The molecule has 0 amide bonds. The molecule has 3 heterocycles. The van der Waals surface area contributed by atoms with Gasteiger partial charge >= 0.3 is 0 Å². The summed E-state index contributed by atoms with van der Waals surface area (Å²) in [6, 6.07) is 25.8. The Morgan fingerprint density at radius 2 is 1.41 bits per heavy atom. The van der Waals surface area contributed by atoms with E-state index in [0.717, 1.165) is 28.2 Å². The van der Waals surface area contributed by atoms with Gasteiger partial charge in [0, 0.05) is 0 Å². The van der Waals surface area contributed by atoms with Crippen molar-refractivity contribution in [2.24, 2.45) is 0 Å². The Balaban J connectivity index is 1.45. The SMILES string of the molecule is COc1ccc(C(OC[C@H]2O[C@@H](n3cnc4c(N)ncnc43)[C@H](O)[C@H]2O[Si](C)(C)C(C)(C)C)(c2ccccc2)c2ccc(OC)cc2)cc1. The Labute approximate surface area is 288 Å². The summed E-state index contributed by atoms with van der Waals surface area (Å²) < 4.78 is 33.6. The van der Waals surface area contributed by atoms with Crippen LogP contribution in [-0.4, -0.2) is 72.1 Å². The number of aromatic nitrogens is 4. The van der Waals surface area contributed by atoms with Crippen LogP contribution in [0.5, 0.6) is 11.5 Å². The molecule has 1 aliphatic heterocycles. The molecular weight excluding hydrogens is 639 g/mol. The van der Waals surface area contributed by atoms with E-state index in [0.29, 0.717) is 11.2 Å². The molecular formula is C37H45N5O6Si. The average Bonchev–Trinajstić information content (AvgIpc) is 3.66. The molecule has 3 aromatic carbocycles. The molecule has 3 N–H and O–H groups in total. The molecule has 0 radical (unpaired) electrons. The van der Waals surface area contributed by atoms with Gasteiger partial charge in [0.1, 0.15) is 47.3 Å². The highest BCUT2D eigenvalue weighted by atomic mass is 28.4. The maximum Gasteiger partial charge on any atom is 0.192 e. The zero-order valence-corrected chi connectivity index (χ0v) is 30.0. The number of rotatable bonds is 11. The van der Waals surface area contributed by atoms with E-state index in [4.69, 9.17) is 29.1 Å². The van der Waals surface area contributed by atoms with Crippen molar-refractivity contribution >= 4 is 25.3 Å². The summed E-state index contributed by atoms with van der Waals surface area (Å²) in [5.74, 6) is 1.70. The van der Waals surface area contributed by atoms with E-state index in [9.17, 15) is 5.11 Å². The highest BCUT2D eigenvalue weighted by Crippen LogP contribution is 2.45. The van der Waals surface area contributed by atoms with Crippen LogP contribution < -0.4 is 15.2 Å². The maximum atomic E-state index is 12.0. The van der Waals surface area contributed by atoms with E-state index in [2.05, 4.69) is 48.8 Å². The third kappa shape index (κ3) is 6.42. The third-order valence-corrected chi connectivity index (χ3v) is 14.3. The van der Waals surface area contributed by atoms with Gasteiger partial charge in [-0.05, 0) is 59.1 Å². The molecule has 0 aliphatic carbocycles. The smallest absolute Gasteiger partial charge is 0.192 e. The van der Waals surface area contributed by atoms with Gasteiger partial charge in [-0.3, -0.25) is 4.57 Å². The molecule has 5 aromatic rings. The number of nitrogen functional groups attached to an aromatic ring is 1. The molecule has 0 bridgehead atoms. The van der Waals surface area contributed by atoms with Crippen LogP contribution in [0.15, 0.2) is 91.5 Å². The number of anilines is 1. The van der Waals surface area contributed by atoms with Crippen molar-refractivity contribution in [3.05, 3.63) is 108 Å². The van der Waals surface area contributed by atoms with Gasteiger partial charge in [0.25, 0.3) is 0 Å². The van der Waals surface area contributed by atoms with E-state index in [1.807, 2.05) is 78.9 Å². The Hall–Kier alpha value is -4.33. The van der Waals surface area contributed by atoms with Crippen molar-refractivity contribution in [2.75, 3.05) is 26.6 Å². The second-order valence-corrected chi connectivity index (χ2v) is 18.6. The highest BCUT2D eigenvalue weighted by Gasteiger charge is 2.52. The van der Waals surface area contributed by atoms with Crippen molar-refractivity contribution in [1.29, 1.82) is 0 Å². The number of aliphatic hydroxyl groups excluding tert-OH is 1. The van der Waals surface area contributed by atoms with Crippen LogP contribution in [0.25, 0.3) is 11.2 Å². The minimum atomic E-state index is -2.41. The number of nitrogens with zero attached hydrogens (tertiary/aromatic N) is 4. The summed E-state index contributed by atoms with van der Waals surface area (Å²) in [7, 11) is 0.875. The lowest BCUT2D eigenvalue weighted by Crippen LogP contribution is -2.50. The van der Waals surface area contributed by atoms with E-state index < -0.39 is 38.5 Å². The van der Waals surface area contributed by atoms with Gasteiger partial charge in [-0.2, -0.15) is 0 Å². The molecule has 0 unspecified atom stereocenters. The zero-order valence-electron chi connectivity index (χ0n) is 29.0. The summed E-state index contributed by atoms with van der Waals surface area (Å²) >= 11 is 0. The van der Waals surface area contributed by atoms with Crippen LogP contribution in [0.4, 0.5) is 5.82 Å². The van der Waals surface area contributed by atoms with Gasteiger partial charge in [-0.1, -0.05) is 75.4 Å². The van der Waals surface area contributed by atoms with Crippen LogP contribution in [-0.2, 0) is 19.5 Å². The molecule has 1 aliphatic rings. The normalized spacial score (nSPS) is 20.1. The van der Waals surface area contributed by atoms with E-state index in [1.54, 1.807) is 25.1 Å². The lowest BCUT2D eigenvalue weighted by atomic mass is 9.80. The second kappa shape index (κ2) is 13.5. The van der Waals surface area contributed by atoms with E-state index in [1.165, 1.54) is 6.33 Å². The third-order valence-electron chi connectivity index (χ3n) is 9.85. The van der Waals surface area contributed by atoms with Gasteiger partial charge in [0.2, 0.25) is 0 Å². The number of benzene rings is 3. The fourth-order valence-corrected chi connectivity index (χ4v) is 7.41. The summed E-state index contributed by atoms with van der Waals surface area (Å²) in [4.78, 5) is 12.9. The Morgan fingerprint density at radius 3 is 1.96 bits per heavy atom. The maximum absolute atomic E-state index is 12.0. The Morgan fingerprint density at radius 1 is 0.837 bits per heavy atom. The molecule has 6 rings (SSSR count). The molecule has 0 saturated carbocycles. The first-order valence-electron chi connectivity index (χ1n) is 16.3. The molecule has 258 valence electrons.